The molecule has 0 radical (unpaired) electrons. The van der Waals surface area contributed by atoms with E-state index in [0.29, 0.717) is 19.4 Å². The topological polar surface area (TPSA) is 95.9 Å². The molecule has 548 valence electrons. The number of aliphatic hydroxyl groups excluding tert-OH is 2. The van der Waals surface area contributed by atoms with E-state index >= 15 is 0 Å². The summed E-state index contributed by atoms with van der Waals surface area (Å²) in [6.45, 7) is 4.98. The van der Waals surface area contributed by atoms with Crippen LogP contribution in [0.2, 0.25) is 0 Å². The molecule has 3 N–H and O–H groups in total. The Kier molecular flexibility index (Phi) is 80.8. The third-order valence-electron chi connectivity index (χ3n) is 20.6. The molecule has 0 spiro atoms. The Hall–Kier alpha value is -1.40. The summed E-state index contributed by atoms with van der Waals surface area (Å²) in [5, 5.41) is 23.3. The van der Waals surface area contributed by atoms with Crippen LogP contribution in [-0.4, -0.2) is 47.4 Å². The Bertz CT molecular complexity index is 1400. The zero-order valence-electron chi connectivity index (χ0n) is 63.1. The molecule has 0 aliphatic heterocycles. The second kappa shape index (κ2) is 82.0. The fraction of sp³-hybridized carbons (Fsp3) is 0.953. The summed E-state index contributed by atoms with van der Waals surface area (Å²) in [4.78, 5) is 24.7. The van der Waals surface area contributed by atoms with Crippen LogP contribution in [0.15, 0.2) is 12.2 Å². The maximum atomic E-state index is 12.6. The molecule has 0 aromatic heterocycles. The smallest absolute Gasteiger partial charge is 0.305 e. The molecule has 0 aliphatic rings. The zero-order chi connectivity index (χ0) is 66.3. The molecular weight excluding hydrogens is 1130 g/mol. The van der Waals surface area contributed by atoms with Gasteiger partial charge in [0.25, 0.3) is 0 Å². The molecule has 0 aliphatic carbocycles. The van der Waals surface area contributed by atoms with Crippen LogP contribution in [0.5, 0.6) is 0 Å². The SMILES string of the molecule is CCCCCCCCCCCCCCCCCCCCCCC/C=C/C(O)C(CO)NC(=O)CCCCCCCCCCCCCCCCCCCCCCCCCCCCCCCCCCCOC(=O)CCCCCCCCCCCCCCCCCCCCC. The van der Waals surface area contributed by atoms with Crippen molar-refractivity contribution in [3.8, 4) is 0 Å². The van der Waals surface area contributed by atoms with Crippen molar-refractivity contribution < 1.29 is 24.5 Å². The molecule has 1 amide bonds. The van der Waals surface area contributed by atoms with Crippen LogP contribution in [0.3, 0.4) is 0 Å². The number of unbranched alkanes of at least 4 members (excludes halogenated alkanes) is 71. The van der Waals surface area contributed by atoms with Crippen molar-refractivity contribution in [3.05, 3.63) is 12.2 Å². The van der Waals surface area contributed by atoms with Crippen molar-refractivity contribution in [1.29, 1.82) is 0 Å². The molecule has 0 rings (SSSR count). The van der Waals surface area contributed by atoms with Crippen molar-refractivity contribution in [3.63, 3.8) is 0 Å². The summed E-state index contributed by atoms with van der Waals surface area (Å²) in [5.74, 6) is -0.0294. The van der Waals surface area contributed by atoms with Gasteiger partial charge in [-0.25, -0.2) is 0 Å². The Morgan fingerprint density at radius 3 is 0.739 bits per heavy atom. The summed E-state index contributed by atoms with van der Waals surface area (Å²) in [6.07, 6.45) is 105. The first kappa shape index (κ1) is 90.6. The van der Waals surface area contributed by atoms with Crippen LogP contribution in [0.4, 0.5) is 0 Å². The number of carbonyl (C=O) groups is 2. The van der Waals surface area contributed by atoms with Crippen molar-refractivity contribution in [1.82, 2.24) is 5.32 Å². The minimum atomic E-state index is -0.842. The van der Waals surface area contributed by atoms with Crippen LogP contribution in [0, 0.1) is 0 Å². The molecule has 0 saturated carbocycles. The fourth-order valence-electron chi connectivity index (χ4n) is 14.1. The third kappa shape index (κ3) is 77.6. The van der Waals surface area contributed by atoms with Gasteiger partial charge >= 0.3 is 5.97 Å². The summed E-state index contributed by atoms with van der Waals surface area (Å²) < 4.78 is 5.53. The van der Waals surface area contributed by atoms with E-state index in [-0.39, 0.29) is 18.5 Å². The average molecular weight is 1300 g/mol. The Morgan fingerprint density at radius 2 is 0.500 bits per heavy atom. The first-order valence-corrected chi connectivity index (χ1v) is 43.0. The van der Waals surface area contributed by atoms with E-state index in [4.69, 9.17) is 4.74 Å². The molecule has 2 atom stereocenters. The number of hydrogen-bond donors (Lipinski definition) is 3. The number of amides is 1. The minimum Gasteiger partial charge on any atom is -0.466 e. The highest BCUT2D eigenvalue weighted by Crippen LogP contribution is 2.21. The average Bonchev–Trinajstić information content (AvgIpc) is 3.48. The number of esters is 1. The molecule has 0 heterocycles. The number of carbonyl (C=O) groups excluding carboxylic acids is 2. The summed E-state index contributed by atoms with van der Waals surface area (Å²) in [5.41, 5.74) is 0. The molecule has 0 fully saturated rings. The van der Waals surface area contributed by atoms with E-state index in [1.165, 1.54) is 437 Å². The van der Waals surface area contributed by atoms with E-state index < -0.39 is 12.1 Å². The second-order valence-corrected chi connectivity index (χ2v) is 29.9. The van der Waals surface area contributed by atoms with Gasteiger partial charge in [0.05, 0.1) is 25.4 Å². The number of nitrogens with one attached hydrogen (secondary N) is 1. The van der Waals surface area contributed by atoms with Crippen LogP contribution in [-0.2, 0) is 14.3 Å². The van der Waals surface area contributed by atoms with E-state index in [0.717, 1.165) is 38.5 Å². The Morgan fingerprint density at radius 1 is 0.293 bits per heavy atom. The molecule has 2 unspecified atom stereocenters. The predicted molar refractivity (Wildman–Crippen MR) is 407 cm³/mol. The van der Waals surface area contributed by atoms with E-state index in [1.807, 2.05) is 6.08 Å². The highest BCUT2D eigenvalue weighted by molar-refractivity contribution is 5.76. The second-order valence-electron chi connectivity index (χ2n) is 29.9. The van der Waals surface area contributed by atoms with Crippen molar-refractivity contribution in [2.75, 3.05) is 13.2 Å². The number of hydrogen-bond acceptors (Lipinski definition) is 5. The van der Waals surface area contributed by atoms with Crippen molar-refractivity contribution >= 4 is 11.9 Å². The molecular formula is C86H169NO5. The van der Waals surface area contributed by atoms with Crippen LogP contribution in [0.25, 0.3) is 0 Å². The maximum absolute atomic E-state index is 12.6. The molecule has 0 aromatic rings. The Labute approximate surface area is 578 Å². The van der Waals surface area contributed by atoms with Gasteiger partial charge in [-0.2, -0.15) is 0 Å². The maximum Gasteiger partial charge on any atom is 0.305 e. The van der Waals surface area contributed by atoms with Gasteiger partial charge in [0.1, 0.15) is 0 Å². The fourth-order valence-corrected chi connectivity index (χ4v) is 14.1. The molecule has 6 nitrogen and oxygen atoms in total. The number of ether oxygens (including phenoxy) is 1. The lowest BCUT2D eigenvalue weighted by Gasteiger charge is -2.20. The van der Waals surface area contributed by atoms with Crippen LogP contribution >= 0.6 is 0 Å². The molecule has 0 bridgehead atoms. The quantitative estimate of drug-likeness (QED) is 0.0320. The summed E-state index contributed by atoms with van der Waals surface area (Å²) in [6, 6.07) is -0.625. The van der Waals surface area contributed by atoms with Gasteiger partial charge in [-0.1, -0.05) is 469 Å². The predicted octanol–water partition coefficient (Wildman–Crippen LogP) is 28.6. The summed E-state index contributed by atoms with van der Waals surface area (Å²) >= 11 is 0. The first-order valence-electron chi connectivity index (χ1n) is 43.0. The number of allylic oxidation sites excluding steroid dienone is 1. The summed E-state index contributed by atoms with van der Waals surface area (Å²) in [7, 11) is 0. The number of aliphatic hydroxyl groups is 2. The monoisotopic (exact) mass is 1300 g/mol. The van der Waals surface area contributed by atoms with Crippen LogP contribution in [0.1, 0.15) is 502 Å². The first-order chi connectivity index (χ1) is 45.5. The van der Waals surface area contributed by atoms with Gasteiger partial charge in [-0.3, -0.25) is 9.59 Å². The standard InChI is InChI=1S/C86H169NO5/c1-3-5-7-9-11-13-15-17-19-21-23-24-36-39-43-46-50-54-58-62-66-70-74-78-84(89)83(82-88)87-85(90)79-75-71-67-63-59-55-51-47-44-40-37-34-32-30-28-26-25-27-29-31-33-35-38-41-45-49-53-57-61-65-69-73-77-81-92-86(91)80-76-72-68-64-60-56-52-48-42-22-20-18-16-14-12-10-8-6-4-2/h74,78,83-84,88-89H,3-73,75-77,79-82H2,1-2H3,(H,87,90)/b78-74+. The highest BCUT2D eigenvalue weighted by atomic mass is 16.5. The van der Waals surface area contributed by atoms with Crippen molar-refractivity contribution in [2.24, 2.45) is 0 Å². The van der Waals surface area contributed by atoms with Gasteiger partial charge in [0.15, 0.2) is 0 Å². The largest absolute Gasteiger partial charge is 0.466 e. The van der Waals surface area contributed by atoms with Gasteiger partial charge < -0.3 is 20.3 Å². The van der Waals surface area contributed by atoms with Gasteiger partial charge in [0, 0.05) is 12.8 Å². The zero-order valence-corrected chi connectivity index (χ0v) is 63.1. The van der Waals surface area contributed by atoms with Gasteiger partial charge in [-0.15, -0.1) is 0 Å². The van der Waals surface area contributed by atoms with E-state index in [2.05, 4.69) is 19.2 Å². The highest BCUT2D eigenvalue weighted by Gasteiger charge is 2.18. The minimum absolute atomic E-state index is 0.0278. The van der Waals surface area contributed by atoms with Gasteiger partial charge in [0.2, 0.25) is 5.91 Å². The lowest BCUT2D eigenvalue weighted by molar-refractivity contribution is -0.143. The van der Waals surface area contributed by atoms with E-state index in [1.54, 1.807) is 6.08 Å². The Balaban J connectivity index is 3.32. The molecule has 0 aromatic carbocycles. The lowest BCUT2D eigenvalue weighted by Crippen LogP contribution is -2.45. The lowest BCUT2D eigenvalue weighted by atomic mass is 10.0. The molecule has 92 heavy (non-hydrogen) atoms. The molecule has 6 heteroatoms. The van der Waals surface area contributed by atoms with Crippen molar-refractivity contribution in [2.45, 2.75) is 514 Å². The molecule has 0 saturated heterocycles. The van der Waals surface area contributed by atoms with Crippen LogP contribution < -0.4 is 5.32 Å². The number of rotatable bonds is 82. The van der Waals surface area contributed by atoms with Gasteiger partial charge in [-0.05, 0) is 32.1 Å². The normalized spacial score (nSPS) is 12.4. The third-order valence-corrected chi connectivity index (χ3v) is 20.6. The van der Waals surface area contributed by atoms with E-state index in [9.17, 15) is 19.8 Å².